The van der Waals surface area contributed by atoms with Gasteiger partial charge in [-0.2, -0.15) is 0 Å². The molecule has 1 aliphatic heterocycles. The molecule has 0 saturated carbocycles. The molecule has 1 atom stereocenters. The van der Waals surface area contributed by atoms with E-state index in [9.17, 15) is 4.79 Å². The molecule has 4 heteroatoms. The Labute approximate surface area is 125 Å². The maximum atomic E-state index is 12.6. The van der Waals surface area contributed by atoms with Crippen molar-refractivity contribution in [1.82, 2.24) is 9.88 Å². The summed E-state index contributed by atoms with van der Waals surface area (Å²) in [6.45, 7) is 2.98. The van der Waals surface area contributed by atoms with Crippen molar-refractivity contribution in [3.63, 3.8) is 0 Å². The molecular formula is C17H21N3O. The van der Waals surface area contributed by atoms with Gasteiger partial charge in [-0.3, -0.25) is 4.79 Å². The first-order chi connectivity index (χ1) is 10.2. The molecule has 1 unspecified atom stereocenters. The number of hydrogen-bond acceptors (Lipinski definition) is 2. The molecule has 21 heavy (non-hydrogen) atoms. The summed E-state index contributed by atoms with van der Waals surface area (Å²) in [7, 11) is 0. The van der Waals surface area contributed by atoms with E-state index in [0.29, 0.717) is 0 Å². The van der Waals surface area contributed by atoms with Crippen LogP contribution in [0.15, 0.2) is 48.8 Å². The van der Waals surface area contributed by atoms with Crippen LogP contribution < -0.4 is 10.6 Å². The van der Waals surface area contributed by atoms with E-state index in [2.05, 4.69) is 17.6 Å². The van der Waals surface area contributed by atoms with Crippen molar-refractivity contribution < 1.29 is 4.79 Å². The number of carbonyl (C=O) groups excluding carboxylic acids is 1. The van der Waals surface area contributed by atoms with Gasteiger partial charge >= 0.3 is 0 Å². The first-order valence-corrected chi connectivity index (χ1v) is 7.53. The molecule has 0 radical (unpaired) electrons. The third-order valence-electron chi connectivity index (χ3n) is 4.29. The highest BCUT2D eigenvalue weighted by Crippen LogP contribution is 2.25. The van der Waals surface area contributed by atoms with Crippen molar-refractivity contribution in [2.24, 2.45) is 0 Å². The summed E-state index contributed by atoms with van der Waals surface area (Å²) in [5, 5.41) is 6.43. The van der Waals surface area contributed by atoms with Crippen molar-refractivity contribution in [2.75, 3.05) is 11.9 Å². The van der Waals surface area contributed by atoms with Crippen molar-refractivity contribution >= 4 is 11.6 Å². The minimum absolute atomic E-state index is 0.0761. The van der Waals surface area contributed by atoms with Gasteiger partial charge in [-0.1, -0.05) is 13.0 Å². The molecular weight excluding hydrogens is 262 g/mol. The second kappa shape index (κ2) is 5.74. The summed E-state index contributed by atoms with van der Waals surface area (Å²) in [6.07, 6.45) is 6.77. The SMILES string of the molecule is CCC1(C(=O)Nc2cccc(-n3cccc3)c2)CCCN1. The molecule has 1 fully saturated rings. The fraction of sp³-hybridized carbons (Fsp3) is 0.353. The van der Waals surface area contributed by atoms with Gasteiger partial charge < -0.3 is 15.2 Å². The van der Waals surface area contributed by atoms with Gasteiger partial charge in [0.15, 0.2) is 0 Å². The standard InChI is InChI=1S/C17H21N3O/c1-2-17(9-6-10-18-17)16(21)19-14-7-5-8-15(13-14)20-11-3-4-12-20/h3-5,7-8,11-13,18H,2,6,9-10H2,1H3,(H,19,21). The average Bonchev–Trinajstić information content (AvgIpc) is 3.20. The topological polar surface area (TPSA) is 46.1 Å². The van der Waals surface area contributed by atoms with Crippen LogP contribution in [-0.2, 0) is 4.79 Å². The Morgan fingerprint density at radius 1 is 1.33 bits per heavy atom. The highest BCUT2D eigenvalue weighted by Gasteiger charge is 2.38. The number of nitrogens with zero attached hydrogens (tertiary/aromatic N) is 1. The number of carbonyl (C=O) groups is 1. The van der Waals surface area contributed by atoms with Crippen LogP contribution in [0.1, 0.15) is 26.2 Å². The van der Waals surface area contributed by atoms with Gasteiger partial charge in [0.05, 0.1) is 5.54 Å². The summed E-state index contributed by atoms with van der Waals surface area (Å²) in [4.78, 5) is 12.6. The highest BCUT2D eigenvalue weighted by atomic mass is 16.2. The lowest BCUT2D eigenvalue weighted by Gasteiger charge is -2.26. The van der Waals surface area contributed by atoms with Crippen LogP contribution in [0.5, 0.6) is 0 Å². The summed E-state index contributed by atoms with van der Waals surface area (Å²) < 4.78 is 2.03. The summed E-state index contributed by atoms with van der Waals surface area (Å²) in [6, 6.07) is 11.9. The van der Waals surface area contributed by atoms with Gasteiger partial charge in [0.1, 0.15) is 0 Å². The van der Waals surface area contributed by atoms with E-state index in [1.165, 1.54) is 0 Å². The molecule has 1 saturated heterocycles. The molecule has 3 rings (SSSR count). The van der Waals surface area contributed by atoms with Crippen LogP contribution in [-0.4, -0.2) is 22.6 Å². The van der Waals surface area contributed by atoms with E-state index in [4.69, 9.17) is 0 Å². The summed E-state index contributed by atoms with van der Waals surface area (Å²) in [5.74, 6) is 0.0761. The number of nitrogens with one attached hydrogen (secondary N) is 2. The fourth-order valence-corrected chi connectivity index (χ4v) is 2.96. The monoisotopic (exact) mass is 283 g/mol. The first kappa shape index (κ1) is 13.9. The van der Waals surface area contributed by atoms with Crippen molar-refractivity contribution in [3.8, 4) is 5.69 Å². The van der Waals surface area contributed by atoms with Crippen LogP contribution >= 0.6 is 0 Å². The Morgan fingerprint density at radius 3 is 2.81 bits per heavy atom. The van der Waals surface area contributed by atoms with Crippen LogP contribution in [0.3, 0.4) is 0 Å². The van der Waals surface area contributed by atoms with Crippen molar-refractivity contribution in [3.05, 3.63) is 48.8 Å². The molecule has 2 aromatic rings. The quantitative estimate of drug-likeness (QED) is 0.906. The smallest absolute Gasteiger partial charge is 0.244 e. The Balaban J connectivity index is 1.79. The molecule has 1 aromatic carbocycles. The third-order valence-corrected chi connectivity index (χ3v) is 4.29. The zero-order valence-corrected chi connectivity index (χ0v) is 12.3. The molecule has 4 nitrogen and oxygen atoms in total. The zero-order chi connectivity index (χ0) is 14.7. The second-order valence-electron chi connectivity index (χ2n) is 5.56. The van der Waals surface area contributed by atoms with Gasteiger partial charge in [0, 0.05) is 23.8 Å². The Kier molecular flexibility index (Phi) is 3.80. The Morgan fingerprint density at radius 2 is 2.14 bits per heavy atom. The maximum Gasteiger partial charge on any atom is 0.244 e. The number of amides is 1. The number of aromatic nitrogens is 1. The van der Waals surface area contributed by atoms with Crippen molar-refractivity contribution in [2.45, 2.75) is 31.7 Å². The summed E-state index contributed by atoms with van der Waals surface area (Å²) >= 11 is 0. The van der Waals surface area contributed by atoms with E-state index in [1.807, 2.05) is 53.4 Å². The minimum atomic E-state index is -0.399. The van der Waals surface area contributed by atoms with Crippen LogP contribution in [0.2, 0.25) is 0 Å². The molecule has 2 N–H and O–H groups in total. The normalized spacial score (nSPS) is 21.4. The molecule has 1 aliphatic rings. The number of benzene rings is 1. The van der Waals surface area contributed by atoms with Crippen molar-refractivity contribution in [1.29, 1.82) is 0 Å². The van der Waals surface area contributed by atoms with E-state index >= 15 is 0 Å². The highest BCUT2D eigenvalue weighted by molar-refractivity contribution is 5.98. The van der Waals surface area contributed by atoms with Crippen LogP contribution in [0.4, 0.5) is 5.69 Å². The third kappa shape index (κ3) is 2.72. The maximum absolute atomic E-state index is 12.6. The molecule has 2 heterocycles. The summed E-state index contributed by atoms with van der Waals surface area (Å²) in [5.41, 5.74) is 1.49. The Hall–Kier alpha value is -2.07. The molecule has 1 aromatic heterocycles. The minimum Gasteiger partial charge on any atom is -0.324 e. The number of rotatable bonds is 4. The van der Waals surface area contributed by atoms with Gasteiger partial charge in [-0.05, 0) is 56.1 Å². The molecule has 0 aliphatic carbocycles. The van der Waals surface area contributed by atoms with Gasteiger partial charge in [0.2, 0.25) is 5.91 Å². The predicted octanol–water partition coefficient (Wildman–Crippen LogP) is 2.95. The van der Waals surface area contributed by atoms with Crippen LogP contribution in [0, 0.1) is 0 Å². The number of anilines is 1. The van der Waals surface area contributed by atoms with E-state index in [1.54, 1.807) is 0 Å². The molecule has 1 amide bonds. The predicted molar refractivity (Wildman–Crippen MR) is 84.7 cm³/mol. The molecule has 0 spiro atoms. The lowest BCUT2D eigenvalue weighted by atomic mass is 9.93. The Bertz CT molecular complexity index is 613. The second-order valence-corrected chi connectivity index (χ2v) is 5.56. The largest absolute Gasteiger partial charge is 0.324 e. The van der Waals surface area contributed by atoms with Gasteiger partial charge in [-0.25, -0.2) is 0 Å². The average molecular weight is 283 g/mol. The van der Waals surface area contributed by atoms with E-state index in [0.717, 1.165) is 37.2 Å². The van der Waals surface area contributed by atoms with Gasteiger partial charge in [-0.15, -0.1) is 0 Å². The molecule has 110 valence electrons. The lowest BCUT2D eigenvalue weighted by Crippen LogP contribution is -2.50. The zero-order valence-electron chi connectivity index (χ0n) is 12.3. The molecule has 0 bridgehead atoms. The van der Waals surface area contributed by atoms with Crippen LogP contribution in [0.25, 0.3) is 5.69 Å². The number of hydrogen-bond donors (Lipinski definition) is 2. The lowest BCUT2D eigenvalue weighted by molar-refractivity contribution is -0.122. The van der Waals surface area contributed by atoms with E-state index < -0.39 is 5.54 Å². The van der Waals surface area contributed by atoms with Gasteiger partial charge in [0.25, 0.3) is 0 Å². The first-order valence-electron chi connectivity index (χ1n) is 7.53. The fourth-order valence-electron chi connectivity index (χ4n) is 2.96. The van der Waals surface area contributed by atoms with E-state index in [-0.39, 0.29) is 5.91 Å².